The van der Waals surface area contributed by atoms with Crippen LogP contribution < -0.4 is 4.74 Å². The third-order valence-electron chi connectivity index (χ3n) is 2.92. The van der Waals surface area contributed by atoms with Crippen LogP contribution in [0.5, 0.6) is 11.6 Å². The van der Waals surface area contributed by atoms with E-state index in [1.165, 1.54) is 11.6 Å². The first-order valence-electron chi connectivity index (χ1n) is 6.69. The molecule has 0 amide bonds. The quantitative estimate of drug-likeness (QED) is 0.839. The lowest BCUT2D eigenvalue weighted by atomic mass is 10.0. The Morgan fingerprint density at radius 2 is 2.10 bits per heavy atom. The number of carboxylic acid groups (broad SMARTS) is 1. The van der Waals surface area contributed by atoms with Crippen LogP contribution in [0.15, 0.2) is 48.7 Å². The lowest BCUT2D eigenvalue weighted by molar-refractivity contribution is -0.131. The molecule has 0 saturated heterocycles. The van der Waals surface area contributed by atoms with Gasteiger partial charge in [0.1, 0.15) is 5.75 Å². The van der Waals surface area contributed by atoms with Gasteiger partial charge in [0.05, 0.1) is 0 Å². The van der Waals surface area contributed by atoms with Gasteiger partial charge in [-0.3, -0.25) is 0 Å². The zero-order chi connectivity index (χ0) is 15.2. The molecule has 0 atom stereocenters. The zero-order valence-electron chi connectivity index (χ0n) is 12.0. The summed E-state index contributed by atoms with van der Waals surface area (Å²) >= 11 is 0. The van der Waals surface area contributed by atoms with Crippen LogP contribution in [0, 0.1) is 0 Å². The number of aromatic nitrogens is 1. The molecule has 4 nitrogen and oxygen atoms in total. The van der Waals surface area contributed by atoms with E-state index in [1.807, 2.05) is 18.2 Å². The van der Waals surface area contributed by atoms with Crippen molar-refractivity contribution >= 4 is 12.0 Å². The Kier molecular flexibility index (Phi) is 4.72. The number of hydrogen-bond acceptors (Lipinski definition) is 3. The fourth-order valence-corrected chi connectivity index (χ4v) is 1.78. The number of aliphatic carboxylic acids is 1. The molecule has 108 valence electrons. The van der Waals surface area contributed by atoms with E-state index in [-0.39, 0.29) is 0 Å². The molecule has 0 aliphatic carbocycles. The molecule has 0 unspecified atom stereocenters. The number of benzene rings is 1. The van der Waals surface area contributed by atoms with Crippen molar-refractivity contribution in [3.8, 4) is 11.6 Å². The van der Waals surface area contributed by atoms with E-state index in [0.717, 1.165) is 11.8 Å². The average molecular weight is 283 g/mol. The van der Waals surface area contributed by atoms with Gasteiger partial charge in [-0.1, -0.05) is 26.0 Å². The molecule has 0 radical (unpaired) electrons. The lowest BCUT2D eigenvalue weighted by Gasteiger charge is -2.09. The SMILES string of the molecule is CC(C)c1cccc(Oc2ccc(/C=C/C(=O)O)cn2)c1. The first-order valence-corrected chi connectivity index (χ1v) is 6.69. The summed E-state index contributed by atoms with van der Waals surface area (Å²) in [7, 11) is 0. The Morgan fingerprint density at radius 1 is 1.29 bits per heavy atom. The molecule has 0 spiro atoms. The number of carbonyl (C=O) groups is 1. The molecule has 1 aromatic heterocycles. The number of hydrogen-bond donors (Lipinski definition) is 1. The maximum atomic E-state index is 10.4. The minimum absolute atomic E-state index is 0.435. The van der Waals surface area contributed by atoms with E-state index in [9.17, 15) is 4.79 Å². The number of rotatable bonds is 5. The molecule has 1 aromatic carbocycles. The second-order valence-corrected chi connectivity index (χ2v) is 4.93. The van der Waals surface area contributed by atoms with Crippen molar-refractivity contribution in [1.29, 1.82) is 0 Å². The van der Waals surface area contributed by atoms with Crippen molar-refractivity contribution in [3.63, 3.8) is 0 Å². The predicted molar refractivity (Wildman–Crippen MR) is 81.5 cm³/mol. The molecule has 21 heavy (non-hydrogen) atoms. The average Bonchev–Trinajstić information content (AvgIpc) is 2.47. The van der Waals surface area contributed by atoms with Crippen LogP contribution in [0.25, 0.3) is 6.08 Å². The summed E-state index contributed by atoms with van der Waals surface area (Å²) in [6, 6.07) is 11.4. The summed E-state index contributed by atoms with van der Waals surface area (Å²) in [4.78, 5) is 14.6. The highest BCUT2D eigenvalue weighted by Crippen LogP contribution is 2.24. The van der Waals surface area contributed by atoms with E-state index in [2.05, 4.69) is 24.9 Å². The molecule has 0 fully saturated rings. The smallest absolute Gasteiger partial charge is 0.328 e. The molecular formula is C17H17NO3. The number of pyridine rings is 1. The topological polar surface area (TPSA) is 59.4 Å². The molecule has 1 N–H and O–H groups in total. The molecule has 2 aromatic rings. The number of nitrogens with zero attached hydrogens (tertiary/aromatic N) is 1. The van der Waals surface area contributed by atoms with E-state index in [4.69, 9.17) is 9.84 Å². The largest absolute Gasteiger partial charge is 0.478 e. The maximum Gasteiger partial charge on any atom is 0.328 e. The van der Waals surface area contributed by atoms with Crippen molar-refractivity contribution in [2.24, 2.45) is 0 Å². The summed E-state index contributed by atoms with van der Waals surface area (Å²) in [6.07, 6.45) is 4.13. The molecule has 0 bridgehead atoms. The first kappa shape index (κ1) is 14.8. The summed E-state index contributed by atoms with van der Waals surface area (Å²) in [5, 5.41) is 8.56. The molecular weight excluding hydrogens is 266 g/mol. The van der Waals surface area contributed by atoms with Gasteiger partial charge < -0.3 is 9.84 Å². The molecule has 0 aliphatic heterocycles. The predicted octanol–water partition coefficient (Wildman–Crippen LogP) is 4.10. The maximum absolute atomic E-state index is 10.4. The van der Waals surface area contributed by atoms with Gasteiger partial charge in [-0.25, -0.2) is 9.78 Å². The second kappa shape index (κ2) is 6.70. The molecule has 2 rings (SSSR count). The molecule has 1 heterocycles. The van der Waals surface area contributed by atoms with Gasteiger partial charge in [-0.15, -0.1) is 0 Å². The van der Waals surface area contributed by atoms with Crippen molar-refractivity contribution in [1.82, 2.24) is 4.98 Å². The minimum Gasteiger partial charge on any atom is -0.478 e. The standard InChI is InChI=1S/C17H17NO3/c1-12(2)14-4-3-5-15(10-14)21-16-8-6-13(11-18-16)7-9-17(19)20/h3-12H,1-2H3,(H,19,20)/b9-7+. The van der Waals surface area contributed by atoms with Crippen LogP contribution in [-0.4, -0.2) is 16.1 Å². The van der Waals surface area contributed by atoms with Crippen LogP contribution in [0.3, 0.4) is 0 Å². The van der Waals surface area contributed by atoms with Crippen molar-refractivity contribution in [2.45, 2.75) is 19.8 Å². The van der Waals surface area contributed by atoms with Gasteiger partial charge in [0, 0.05) is 18.3 Å². The highest BCUT2D eigenvalue weighted by Gasteiger charge is 2.03. The van der Waals surface area contributed by atoms with E-state index < -0.39 is 5.97 Å². The van der Waals surface area contributed by atoms with E-state index in [0.29, 0.717) is 17.4 Å². The van der Waals surface area contributed by atoms with E-state index in [1.54, 1.807) is 18.3 Å². The van der Waals surface area contributed by atoms with Gasteiger partial charge in [0.25, 0.3) is 0 Å². The Bertz CT molecular complexity index is 645. The van der Waals surface area contributed by atoms with Gasteiger partial charge in [-0.05, 0) is 41.3 Å². The lowest BCUT2D eigenvalue weighted by Crippen LogP contribution is -1.91. The van der Waals surface area contributed by atoms with Crippen molar-refractivity contribution < 1.29 is 14.6 Å². The molecule has 4 heteroatoms. The summed E-state index contributed by atoms with van der Waals surface area (Å²) in [6.45, 7) is 4.25. The normalized spacial score (nSPS) is 11.0. The van der Waals surface area contributed by atoms with Crippen molar-refractivity contribution in [3.05, 3.63) is 59.8 Å². The van der Waals surface area contributed by atoms with Crippen molar-refractivity contribution in [2.75, 3.05) is 0 Å². The summed E-state index contributed by atoms with van der Waals surface area (Å²) < 4.78 is 5.70. The second-order valence-electron chi connectivity index (χ2n) is 4.93. The molecule has 0 aliphatic rings. The third kappa shape index (κ3) is 4.45. The Hall–Kier alpha value is -2.62. The first-order chi connectivity index (χ1) is 10.0. The number of carboxylic acids is 1. The van der Waals surface area contributed by atoms with Crippen LogP contribution in [0.1, 0.15) is 30.9 Å². The Balaban J connectivity index is 2.10. The van der Waals surface area contributed by atoms with Crippen LogP contribution in [0.2, 0.25) is 0 Å². The fraction of sp³-hybridized carbons (Fsp3) is 0.176. The van der Waals surface area contributed by atoms with Gasteiger partial charge in [0.15, 0.2) is 0 Å². The monoisotopic (exact) mass is 283 g/mol. The Morgan fingerprint density at radius 3 is 2.71 bits per heavy atom. The third-order valence-corrected chi connectivity index (χ3v) is 2.92. The summed E-state index contributed by atoms with van der Waals surface area (Å²) in [5.74, 6) is 0.664. The van der Waals surface area contributed by atoms with Crippen LogP contribution >= 0.6 is 0 Å². The van der Waals surface area contributed by atoms with Gasteiger partial charge in [-0.2, -0.15) is 0 Å². The highest BCUT2D eigenvalue weighted by molar-refractivity contribution is 5.85. The van der Waals surface area contributed by atoms with Gasteiger partial charge in [0.2, 0.25) is 5.88 Å². The highest BCUT2D eigenvalue weighted by atomic mass is 16.5. The zero-order valence-corrected chi connectivity index (χ0v) is 12.0. The molecule has 0 saturated carbocycles. The number of ether oxygens (including phenoxy) is 1. The van der Waals surface area contributed by atoms with Crippen LogP contribution in [0.4, 0.5) is 0 Å². The van der Waals surface area contributed by atoms with E-state index >= 15 is 0 Å². The van der Waals surface area contributed by atoms with Gasteiger partial charge >= 0.3 is 5.97 Å². The Labute approximate surface area is 123 Å². The minimum atomic E-state index is -0.985. The fourth-order valence-electron chi connectivity index (χ4n) is 1.78. The summed E-state index contributed by atoms with van der Waals surface area (Å²) in [5.41, 5.74) is 1.91. The van der Waals surface area contributed by atoms with Crippen LogP contribution in [-0.2, 0) is 4.79 Å².